The SMILES string of the molecule is O=S(=O)(c1ccccc1Cl)N1CC2(C[C@H](OCC3CC3)CCO2)C1. The lowest BCUT2D eigenvalue weighted by Gasteiger charge is -2.52. The molecule has 0 amide bonds. The molecule has 7 heteroatoms. The molecule has 3 fully saturated rings. The first-order chi connectivity index (χ1) is 11.5. The van der Waals surface area contributed by atoms with Crippen molar-refractivity contribution in [3.63, 3.8) is 0 Å². The summed E-state index contributed by atoms with van der Waals surface area (Å²) in [6.45, 7) is 2.23. The maximum atomic E-state index is 12.7. The summed E-state index contributed by atoms with van der Waals surface area (Å²) in [5.74, 6) is 0.738. The number of benzene rings is 1. The fourth-order valence-electron chi connectivity index (χ4n) is 3.46. The van der Waals surface area contributed by atoms with Crippen molar-refractivity contribution in [2.75, 3.05) is 26.3 Å². The standard InChI is InChI=1S/C17H22ClNO4S/c18-15-3-1-2-4-16(15)24(20,21)19-11-17(12-19)9-14(7-8-23-17)22-10-13-5-6-13/h1-4,13-14H,5-12H2/t14-/m1/s1. The third-order valence-electron chi connectivity index (χ3n) is 5.10. The Kier molecular flexibility index (Phi) is 4.37. The van der Waals surface area contributed by atoms with Crippen molar-refractivity contribution < 1.29 is 17.9 Å². The van der Waals surface area contributed by atoms with Crippen LogP contribution in [0, 0.1) is 5.92 Å². The van der Waals surface area contributed by atoms with Gasteiger partial charge in [0.15, 0.2) is 0 Å². The highest BCUT2D eigenvalue weighted by Gasteiger charge is 2.52. The van der Waals surface area contributed by atoms with E-state index in [1.165, 1.54) is 17.1 Å². The summed E-state index contributed by atoms with van der Waals surface area (Å²) in [5.41, 5.74) is -0.388. The van der Waals surface area contributed by atoms with Crippen LogP contribution in [-0.4, -0.2) is 50.7 Å². The Morgan fingerprint density at radius 3 is 2.71 bits per heavy atom. The van der Waals surface area contributed by atoms with Gasteiger partial charge in [-0.05, 0) is 37.3 Å². The van der Waals surface area contributed by atoms with E-state index in [4.69, 9.17) is 21.1 Å². The number of nitrogens with zero attached hydrogens (tertiary/aromatic N) is 1. The maximum Gasteiger partial charge on any atom is 0.244 e. The number of hydrogen-bond donors (Lipinski definition) is 0. The molecule has 1 aromatic rings. The van der Waals surface area contributed by atoms with Gasteiger partial charge in [-0.3, -0.25) is 0 Å². The summed E-state index contributed by atoms with van der Waals surface area (Å²) in [6.07, 6.45) is 4.40. The molecule has 24 heavy (non-hydrogen) atoms. The van der Waals surface area contributed by atoms with Crippen LogP contribution in [0.3, 0.4) is 0 Å². The summed E-state index contributed by atoms with van der Waals surface area (Å²) in [4.78, 5) is 0.166. The fraction of sp³-hybridized carbons (Fsp3) is 0.647. The van der Waals surface area contributed by atoms with Crippen LogP contribution in [0.15, 0.2) is 29.2 Å². The third-order valence-corrected chi connectivity index (χ3v) is 7.39. The molecule has 0 aromatic heterocycles. The zero-order valence-electron chi connectivity index (χ0n) is 13.5. The van der Waals surface area contributed by atoms with E-state index in [0.29, 0.717) is 19.7 Å². The molecule has 2 saturated heterocycles. The molecular weight excluding hydrogens is 350 g/mol. The van der Waals surface area contributed by atoms with Crippen LogP contribution in [0.5, 0.6) is 0 Å². The van der Waals surface area contributed by atoms with Gasteiger partial charge < -0.3 is 9.47 Å². The van der Waals surface area contributed by atoms with Crippen molar-refractivity contribution in [2.45, 2.75) is 42.3 Å². The quantitative estimate of drug-likeness (QED) is 0.798. The lowest BCUT2D eigenvalue weighted by Crippen LogP contribution is -2.67. The minimum Gasteiger partial charge on any atom is -0.378 e. The maximum absolute atomic E-state index is 12.7. The van der Waals surface area contributed by atoms with Gasteiger partial charge in [-0.1, -0.05) is 23.7 Å². The van der Waals surface area contributed by atoms with Crippen molar-refractivity contribution in [3.8, 4) is 0 Å². The van der Waals surface area contributed by atoms with Gasteiger partial charge in [-0.15, -0.1) is 0 Å². The van der Waals surface area contributed by atoms with E-state index < -0.39 is 10.0 Å². The van der Waals surface area contributed by atoms with E-state index >= 15 is 0 Å². The van der Waals surface area contributed by atoms with E-state index in [9.17, 15) is 8.42 Å². The molecule has 1 atom stereocenters. The molecule has 2 heterocycles. The Morgan fingerprint density at radius 1 is 1.25 bits per heavy atom. The molecule has 1 aliphatic carbocycles. The van der Waals surface area contributed by atoms with Crippen LogP contribution < -0.4 is 0 Å². The molecule has 0 bridgehead atoms. The minimum atomic E-state index is -3.56. The zero-order chi connectivity index (χ0) is 16.8. The molecule has 1 spiro atoms. The van der Waals surface area contributed by atoms with Gasteiger partial charge in [0.1, 0.15) is 4.90 Å². The van der Waals surface area contributed by atoms with Gasteiger partial charge in [-0.2, -0.15) is 4.31 Å². The van der Waals surface area contributed by atoms with Crippen LogP contribution in [0.4, 0.5) is 0 Å². The first kappa shape index (κ1) is 16.8. The molecule has 2 aliphatic heterocycles. The monoisotopic (exact) mass is 371 g/mol. The molecule has 1 aromatic carbocycles. The second kappa shape index (κ2) is 6.25. The smallest absolute Gasteiger partial charge is 0.244 e. The predicted molar refractivity (Wildman–Crippen MR) is 90.6 cm³/mol. The normalized spacial score (nSPS) is 27.1. The van der Waals surface area contributed by atoms with Crippen molar-refractivity contribution in [1.82, 2.24) is 4.31 Å². The Hall–Kier alpha value is -0.660. The molecule has 3 aliphatic rings. The highest BCUT2D eigenvalue weighted by atomic mass is 35.5. The van der Waals surface area contributed by atoms with Crippen molar-refractivity contribution in [3.05, 3.63) is 29.3 Å². The van der Waals surface area contributed by atoms with E-state index in [1.807, 2.05) is 0 Å². The lowest BCUT2D eigenvalue weighted by atomic mass is 9.86. The van der Waals surface area contributed by atoms with Crippen molar-refractivity contribution >= 4 is 21.6 Å². The molecule has 4 rings (SSSR count). The highest BCUT2D eigenvalue weighted by Crippen LogP contribution is 2.40. The van der Waals surface area contributed by atoms with Gasteiger partial charge in [0, 0.05) is 32.7 Å². The Bertz CT molecular complexity index is 713. The number of halogens is 1. The Morgan fingerprint density at radius 2 is 2.00 bits per heavy atom. The molecular formula is C17H22ClNO4S. The zero-order valence-corrected chi connectivity index (χ0v) is 15.1. The molecule has 5 nitrogen and oxygen atoms in total. The number of hydrogen-bond acceptors (Lipinski definition) is 4. The van der Waals surface area contributed by atoms with Crippen LogP contribution in [0.25, 0.3) is 0 Å². The van der Waals surface area contributed by atoms with Crippen molar-refractivity contribution in [1.29, 1.82) is 0 Å². The topological polar surface area (TPSA) is 55.8 Å². The van der Waals surface area contributed by atoms with Gasteiger partial charge in [0.25, 0.3) is 0 Å². The van der Waals surface area contributed by atoms with E-state index in [-0.39, 0.29) is 21.6 Å². The molecule has 0 unspecified atom stereocenters. The minimum absolute atomic E-state index is 0.166. The number of rotatable bonds is 5. The number of sulfonamides is 1. The summed E-state index contributed by atoms with van der Waals surface area (Å²) < 4.78 is 38.8. The predicted octanol–water partition coefficient (Wildman–Crippen LogP) is 2.69. The second-order valence-electron chi connectivity index (χ2n) is 7.13. The summed E-state index contributed by atoms with van der Waals surface area (Å²) in [6, 6.07) is 6.56. The lowest BCUT2D eigenvalue weighted by molar-refractivity contribution is -0.179. The van der Waals surface area contributed by atoms with Gasteiger partial charge >= 0.3 is 0 Å². The largest absolute Gasteiger partial charge is 0.378 e. The summed E-state index contributed by atoms with van der Waals surface area (Å²) in [7, 11) is -3.56. The van der Waals surface area contributed by atoms with Gasteiger partial charge in [0.05, 0.1) is 16.7 Å². The van der Waals surface area contributed by atoms with E-state index in [0.717, 1.165) is 25.4 Å². The van der Waals surface area contributed by atoms with Crippen LogP contribution in [0.2, 0.25) is 5.02 Å². The summed E-state index contributed by atoms with van der Waals surface area (Å²) >= 11 is 6.05. The van der Waals surface area contributed by atoms with Crippen LogP contribution >= 0.6 is 11.6 Å². The first-order valence-corrected chi connectivity index (χ1v) is 10.3. The fourth-order valence-corrected chi connectivity index (χ4v) is 5.54. The molecule has 1 saturated carbocycles. The average molecular weight is 372 g/mol. The van der Waals surface area contributed by atoms with Crippen LogP contribution in [0.1, 0.15) is 25.7 Å². The van der Waals surface area contributed by atoms with Gasteiger partial charge in [0.2, 0.25) is 10.0 Å². The highest BCUT2D eigenvalue weighted by molar-refractivity contribution is 7.89. The first-order valence-electron chi connectivity index (χ1n) is 8.49. The second-order valence-corrected chi connectivity index (χ2v) is 9.44. The van der Waals surface area contributed by atoms with Crippen molar-refractivity contribution in [2.24, 2.45) is 5.92 Å². The molecule has 0 N–H and O–H groups in total. The molecule has 0 radical (unpaired) electrons. The van der Waals surface area contributed by atoms with E-state index in [1.54, 1.807) is 24.3 Å². The van der Waals surface area contributed by atoms with E-state index in [2.05, 4.69) is 0 Å². The Labute approximate surface area is 147 Å². The molecule has 132 valence electrons. The average Bonchev–Trinajstić information content (AvgIpc) is 3.35. The third kappa shape index (κ3) is 3.22. The summed E-state index contributed by atoms with van der Waals surface area (Å²) in [5, 5.41) is 0.258. The number of ether oxygens (including phenoxy) is 2. The Balaban J connectivity index is 1.40. The van der Waals surface area contributed by atoms with Gasteiger partial charge in [-0.25, -0.2) is 8.42 Å². The van der Waals surface area contributed by atoms with Crippen LogP contribution in [-0.2, 0) is 19.5 Å².